The van der Waals surface area contributed by atoms with Crippen LogP contribution in [0.3, 0.4) is 0 Å². The van der Waals surface area contributed by atoms with Gasteiger partial charge >= 0.3 is 0 Å². The van der Waals surface area contributed by atoms with Gasteiger partial charge in [-0.2, -0.15) is 0 Å². The zero-order chi connectivity index (χ0) is 12.3. The fourth-order valence-electron chi connectivity index (χ4n) is 3.03. The summed E-state index contributed by atoms with van der Waals surface area (Å²) in [7, 11) is -1.17. The summed E-state index contributed by atoms with van der Waals surface area (Å²) in [5.74, 6) is 0.749. The molecule has 1 saturated carbocycles. The minimum Gasteiger partial charge on any atom is -0.380 e. The first-order valence-electron chi connectivity index (χ1n) is 6.60. The molecule has 0 radical (unpaired) electrons. The van der Waals surface area contributed by atoms with Crippen LogP contribution in [-0.4, -0.2) is 45.7 Å². The van der Waals surface area contributed by atoms with E-state index in [1.54, 1.807) is 0 Å². The quantitative estimate of drug-likeness (QED) is 0.819. The Bertz CT molecular complexity index is 336. The van der Waals surface area contributed by atoms with Gasteiger partial charge in [0, 0.05) is 12.6 Å². The summed E-state index contributed by atoms with van der Waals surface area (Å²) in [6.07, 6.45) is 5.34. The molecule has 1 saturated heterocycles. The van der Waals surface area contributed by atoms with Gasteiger partial charge in [0.15, 0.2) is 9.84 Å². The summed E-state index contributed by atoms with van der Waals surface area (Å²) in [4.78, 5) is 0. The minimum absolute atomic E-state index is 0.0650. The predicted octanol–water partition coefficient (Wildman–Crippen LogP) is 0.968. The van der Waals surface area contributed by atoms with Crippen molar-refractivity contribution in [2.24, 2.45) is 5.92 Å². The van der Waals surface area contributed by atoms with Crippen molar-refractivity contribution in [1.82, 2.24) is 5.32 Å². The highest BCUT2D eigenvalue weighted by atomic mass is 32.2. The van der Waals surface area contributed by atoms with Gasteiger partial charge in [0.25, 0.3) is 0 Å². The van der Waals surface area contributed by atoms with E-state index < -0.39 is 9.84 Å². The van der Waals surface area contributed by atoms with Gasteiger partial charge in [-0.15, -0.1) is 0 Å². The Balaban J connectivity index is 2.01. The molecule has 0 amide bonds. The lowest BCUT2D eigenvalue weighted by atomic mass is 10.1. The fourth-order valence-corrected chi connectivity index (χ4v) is 5.34. The van der Waals surface area contributed by atoms with Crippen LogP contribution in [-0.2, 0) is 14.6 Å². The van der Waals surface area contributed by atoms with Crippen LogP contribution in [0.2, 0.25) is 0 Å². The highest BCUT2D eigenvalue weighted by molar-refractivity contribution is 7.92. The van der Waals surface area contributed by atoms with Gasteiger partial charge < -0.3 is 10.1 Å². The lowest BCUT2D eigenvalue weighted by Crippen LogP contribution is -2.50. The van der Waals surface area contributed by atoms with Crippen LogP contribution in [0, 0.1) is 5.92 Å². The Hall–Kier alpha value is -0.130. The molecule has 17 heavy (non-hydrogen) atoms. The average molecular weight is 261 g/mol. The lowest BCUT2D eigenvalue weighted by Gasteiger charge is -2.31. The van der Waals surface area contributed by atoms with Crippen molar-refractivity contribution < 1.29 is 13.2 Å². The molecule has 0 aromatic carbocycles. The third-order valence-corrected chi connectivity index (χ3v) is 6.40. The van der Waals surface area contributed by atoms with E-state index in [0.717, 1.165) is 19.3 Å². The molecule has 2 rings (SSSR count). The zero-order valence-corrected chi connectivity index (χ0v) is 11.3. The van der Waals surface area contributed by atoms with Crippen molar-refractivity contribution >= 4 is 9.84 Å². The van der Waals surface area contributed by atoms with Gasteiger partial charge in [-0.25, -0.2) is 8.42 Å². The molecule has 1 aliphatic heterocycles. The summed E-state index contributed by atoms with van der Waals surface area (Å²) in [5, 5.41) is 2.78. The average Bonchev–Trinajstić information content (AvgIpc) is 2.81. The molecule has 0 spiro atoms. The number of ether oxygens (including phenoxy) is 1. The Morgan fingerprint density at radius 2 is 1.94 bits per heavy atom. The fraction of sp³-hybridized carbons (Fsp3) is 1.00. The van der Waals surface area contributed by atoms with Crippen LogP contribution in [0.15, 0.2) is 0 Å². The van der Waals surface area contributed by atoms with Gasteiger partial charge in [-0.1, -0.05) is 12.8 Å². The maximum absolute atomic E-state index is 12.4. The molecule has 5 heteroatoms. The van der Waals surface area contributed by atoms with E-state index >= 15 is 0 Å². The smallest absolute Gasteiger partial charge is 0.157 e. The molecule has 100 valence electrons. The maximum atomic E-state index is 12.4. The number of nitrogens with one attached hydrogen (secondary N) is 1. The Morgan fingerprint density at radius 1 is 1.24 bits per heavy atom. The second-order valence-corrected chi connectivity index (χ2v) is 7.54. The summed E-state index contributed by atoms with van der Waals surface area (Å²) < 4.78 is 30.1. The van der Waals surface area contributed by atoms with E-state index in [1.165, 1.54) is 12.8 Å². The molecule has 0 aromatic rings. The van der Waals surface area contributed by atoms with Crippen molar-refractivity contribution in [3.63, 3.8) is 0 Å². The van der Waals surface area contributed by atoms with E-state index in [2.05, 4.69) is 5.32 Å². The minimum atomic E-state index is -3.02. The summed E-state index contributed by atoms with van der Waals surface area (Å²) in [5.41, 5.74) is 0. The van der Waals surface area contributed by atoms with Crippen molar-refractivity contribution in [2.75, 3.05) is 26.0 Å². The number of hydrogen-bond acceptors (Lipinski definition) is 4. The van der Waals surface area contributed by atoms with Crippen molar-refractivity contribution in [1.29, 1.82) is 0 Å². The van der Waals surface area contributed by atoms with Crippen LogP contribution < -0.4 is 5.32 Å². The second kappa shape index (κ2) is 5.67. The molecule has 0 aromatic heterocycles. The Labute approximate surface area is 104 Å². The zero-order valence-electron chi connectivity index (χ0n) is 10.5. The van der Waals surface area contributed by atoms with Crippen molar-refractivity contribution in [2.45, 2.75) is 43.4 Å². The van der Waals surface area contributed by atoms with E-state index in [1.807, 2.05) is 7.05 Å². The third-order valence-electron chi connectivity index (χ3n) is 4.08. The van der Waals surface area contributed by atoms with E-state index in [-0.39, 0.29) is 11.3 Å². The highest BCUT2D eigenvalue weighted by Crippen LogP contribution is 2.28. The normalized spacial score (nSPS) is 31.8. The molecule has 2 aliphatic rings. The number of sulfone groups is 1. The van der Waals surface area contributed by atoms with Gasteiger partial charge in [-0.05, 0) is 32.2 Å². The molecule has 4 nitrogen and oxygen atoms in total. The first-order chi connectivity index (χ1) is 8.13. The first kappa shape index (κ1) is 13.3. The van der Waals surface area contributed by atoms with E-state index in [9.17, 15) is 8.42 Å². The molecule has 2 fully saturated rings. The standard InChI is InChI=1S/C12H23NO3S/c1-13-11-6-7-16-8-12(11)17(14,15)9-10-4-2-3-5-10/h10-13H,2-9H2,1H3. The summed E-state index contributed by atoms with van der Waals surface area (Å²) in [6, 6.07) is 0.0650. The molecule has 2 atom stereocenters. The van der Waals surface area contributed by atoms with Crippen LogP contribution in [0.1, 0.15) is 32.1 Å². The number of rotatable bonds is 4. The summed E-state index contributed by atoms with van der Waals surface area (Å²) in [6.45, 7) is 1.03. The Kier molecular flexibility index (Phi) is 4.44. The van der Waals surface area contributed by atoms with Gasteiger partial charge in [-0.3, -0.25) is 0 Å². The van der Waals surface area contributed by atoms with E-state index in [4.69, 9.17) is 4.74 Å². The largest absolute Gasteiger partial charge is 0.380 e. The third kappa shape index (κ3) is 3.20. The highest BCUT2D eigenvalue weighted by Gasteiger charge is 2.37. The monoisotopic (exact) mass is 261 g/mol. The molecule has 1 heterocycles. The van der Waals surface area contributed by atoms with Gasteiger partial charge in [0.2, 0.25) is 0 Å². The van der Waals surface area contributed by atoms with Crippen LogP contribution in [0.25, 0.3) is 0 Å². The molecular formula is C12H23NO3S. The molecule has 0 bridgehead atoms. The second-order valence-electron chi connectivity index (χ2n) is 5.28. The predicted molar refractivity (Wildman–Crippen MR) is 67.8 cm³/mol. The maximum Gasteiger partial charge on any atom is 0.157 e. The van der Waals surface area contributed by atoms with Crippen molar-refractivity contribution in [3.05, 3.63) is 0 Å². The first-order valence-corrected chi connectivity index (χ1v) is 8.31. The van der Waals surface area contributed by atoms with Crippen LogP contribution in [0.5, 0.6) is 0 Å². The molecule has 2 unspecified atom stereocenters. The topological polar surface area (TPSA) is 55.4 Å². The van der Waals surface area contributed by atoms with Gasteiger partial charge in [0.05, 0.1) is 17.6 Å². The Morgan fingerprint density at radius 3 is 2.59 bits per heavy atom. The molecule has 1 N–H and O–H groups in total. The SMILES string of the molecule is CNC1CCOCC1S(=O)(=O)CC1CCCC1. The molecular weight excluding hydrogens is 238 g/mol. The van der Waals surface area contributed by atoms with E-state index in [0.29, 0.717) is 24.9 Å². The van der Waals surface area contributed by atoms with Crippen LogP contribution >= 0.6 is 0 Å². The molecule has 1 aliphatic carbocycles. The lowest BCUT2D eigenvalue weighted by molar-refractivity contribution is 0.0825. The number of hydrogen-bond donors (Lipinski definition) is 1. The summed E-state index contributed by atoms with van der Waals surface area (Å²) >= 11 is 0. The van der Waals surface area contributed by atoms with Gasteiger partial charge in [0.1, 0.15) is 0 Å². The van der Waals surface area contributed by atoms with Crippen molar-refractivity contribution in [3.8, 4) is 0 Å². The van der Waals surface area contributed by atoms with Crippen LogP contribution in [0.4, 0.5) is 0 Å².